The van der Waals surface area contributed by atoms with E-state index in [9.17, 15) is 5.11 Å². The molecule has 2 atom stereocenters. The molecule has 4 heteroatoms. The van der Waals surface area contributed by atoms with Gasteiger partial charge in [-0.1, -0.05) is 60.7 Å². The molecule has 1 aliphatic heterocycles. The van der Waals surface area contributed by atoms with Gasteiger partial charge in [-0.05, 0) is 6.92 Å². The van der Waals surface area contributed by atoms with Gasteiger partial charge in [0.15, 0.2) is 5.72 Å². The van der Waals surface area contributed by atoms with Gasteiger partial charge in [0.2, 0.25) is 0 Å². The molecule has 2 aromatic rings. The molecule has 21 heavy (non-hydrogen) atoms. The third-order valence-electron chi connectivity index (χ3n) is 3.80. The fourth-order valence-electron chi connectivity index (χ4n) is 2.53. The molecule has 0 amide bonds. The van der Waals surface area contributed by atoms with E-state index < -0.39 is 5.72 Å². The summed E-state index contributed by atoms with van der Waals surface area (Å²) >= 11 is 0. The van der Waals surface area contributed by atoms with Crippen molar-refractivity contribution >= 4 is 5.71 Å². The van der Waals surface area contributed by atoms with E-state index in [0.29, 0.717) is 5.71 Å². The monoisotopic (exact) mass is 281 g/mol. The van der Waals surface area contributed by atoms with E-state index in [2.05, 4.69) is 5.43 Å². The normalized spacial score (nSPS) is 26.4. The zero-order valence-electron chi connectivity index (χ0n) is 12.2. The van der Waals surface area contributed by atoms with E-state index in [1.54, 1.807) is 0 Å². The fraction of sp³-hybridized carbons (Fsp3) is 0.235. The van der Waals surface area contributed by atoms with Crippen LogP contribution in [0.3, 0.4) is 0 Å². The average Bonchev–Trinajstić information content (AvgIpc) is 2.53. The average molecular weight is 281 g/mol. The van der Waals surface area contributed by atoms with Gasteiger partial charge in [0.25, 0.3) is 0 Å². The minimum absolute atomic E-state index is 0.0517. The number of aliphatic imine (C=N–C) groups is 1. The van der Waals surface area contributed by atoms with E-state index in [1.807, 2.05) is 79.6 Å². The Kier molecular flexibility index (Phi) is 3.59. The highest BCUT2D eigenvalue weighted by molar-refractivity contribution is 6.07. The van der Waals surface area contributed by atoms with Crippen LogP contribution in [0.25, 0.3) is 0 Å². The Morgan fingerprint density at radius 1 is 1.05 bits per heavy atom. The Bertz CT molecular complexity index is 642. The number of hydrogen-bond donors (Lipinski definition) is 2. The van der Waals surface area contributed by atoms with E-state index in [1.165, 1.54) is 0 Å². The molecule has 1 heterocycles. The Balaban J connectivity index is 2.15. The number of nitrogens with one attached hydrogen (secondary N) is 1. The van der Waals surface area contributed by atoms with Crippen molar-refractivity contribution in [3.05, 3.63) is 71.8 Å². The molecule has 0 fully saturated rings. The van der Waals surface area contributed by atoms with Crippen molar-refractivity contribution in [1.82, 2.24) is 10.4 Å². The van der Waals surface area contributed by atoms with Crippen molar-refractivity contribution < 1.29 is 5.11 Å². The van der Waals surface area contributed by atoms with Crippen LogP contribution in [0.15, 0.2) is 65.7 Å². The Morgan fingerprint density at radius 3 is 2.24 bits per heavy atom. The first-order chi connectivity index (χ1) is 10.1. The predicted molar refractivity (Wildman–Crippen MR) is 83.7 cm³/mol. The van der Waals surface area contributed by atoms with Crippen molar-refractivity contribution in [3.63, 3.8) is 0 Å². The summed E-state index contributed by atoms with van der Waals surface area (Å²) < 4.78 is 0. The van der Waals surface area contributed by atoms with E-state index >= 15 is 0 Å². The summed E-state index contributed by atoms with van der Waals surface area (Å²) in [6, 6.07) is 19.3. The van der Waals surface area contributed by atoms with Crippen LogP contribution in [0, 0.1) is 0 Å². The fourth-order valence-corrected chi connectivity index (χ4v) is 2.53. The van der Waals surface area contributed by atoms with Crippen LogP contribution < -0.4 is 5.43 Å². The van der Waals surface area contributed by atoms with Gasteiger partial charge in [0, 0.05) is 18.2 Å². The maximum absolute atomic E-state index is 11.3. The van der Waals surface area contributed by atoms with Crippen LogP contribution in [-0.2, 0) is 5.72 Å². The SMILES string of the molecule is CC1N=C(c2ccccc2)C(O)(c2ccccc2)NN1C. The van der Waals surface area contributed by atoms with Crippen molar-refractivity contribution in [3.8, 4) is 0 Å². The molecule has 0 bridgehead atoms. The lowest BCUT2D eigenvalue weighted by atomic mass is 9.92. The predicted octanol–water partition coefficient (Wildman–Crippen LogP) is 2.12. The van der Waals surface area contributed by atoms with Crippen LogP contribution in [0.1, 0.15) is 18.1 Å². The van der Waals surface area contributed by atoms with Crippen LogP contribution in [0.2, 0.25) is 0 Å². The minimum atomic E-state index is -1.33. The number of nitrogens with zero attached hydrogens (tertiary/aromatic N) is 2. The van der Waals surface area contributed by atoms with Crippen molar-refractivity contribution in [1.29, 1.82) is 0 Å². The van der Waals surface area contributed by atoms with E-state index in [0.717, 1.165) is 11.1 Å². The zero-order valence-corrected chi connectivity index (χ0v) is 12.2. The summed E-state index contributed by atoms with van der Waals surface area (Å²) in [6.45, 7) is 1.99. The van der Waals surface area contributed by atoms with Gasteiger partial charge in [0.05, 0.1) is 5.71 Å². The van der Waals surface area contributed by atoms with Gasteiger partial charge in [-0.2, -0.15) is 0 Å². The van der Waals surface area contributed by atoms with Crippen molar-refractivity contribution in [2.45, 2.75) is 18.8 Å². The molecule has 0 aromatic heterocycles. The highest BCUT2D eigenvalue weighted by atomic mass is 16.3. The summed E-state index contributed by atoms with van der Waals surface area (Å²) in [7, 11) is 1.88. The molecule has 2 N–H and O–H groups in total. The van der Waals surface area contributed by atoms with Crippen LogP contribution in [-0.4, -0.2) is 29.0 Å². The topological polar surface area (TPSA) is 47.9 Å². The molecule has 3 rings (SSSR count). The maximum Gasteiger partial charge on any atom is 0.198 e. The molecule has 2 unspecified atom stereocenters. The number of hydrazine groups is 1. The molecule has 108 valence electrons. The van der Waals surface area contributed by atoms with Gasteiger partial charge >= 0.3 is 0 Å². The summed E-state index contributed by atoms with van der Waals surface area (Å²) in [4.78, 5) is 4.69. The second-order valence-corrected chi connectivity index (χ2v) is 5.27. The van der Waals surface area contributed by atoms with E-state index in [4.69, 9.17) is 4.99 Å². The second-order valence-electron chi connectivity index (χ2n) is 5.27. The molecule has 4 nitrogen and oxygen atoms in total. The third kappa shape index (κ3) is 2.49. The first-order valence-corrected chi connectivity index (χ1v) is 7.03. The summed E-state index contributed by atoms with van der Waals surface area (Å²) in [5.74, 6) is 0. The summed E-state index contributed by atoms with van der Waals surface area (Å²) in [5, 5.41) is 13.1. The standard InChI is InChI=1S/C17H19N3O/c1-13-18-16(14-9-5-3-6-10-14)17(21,19-20(13)2)15-11-7-4-8-12-15/h3-13,19,21H,1-2H3. The highest BCUT2D eigenvalue weighted by Gasteiger charge is 2.41. The first-order valence-electron chi connectivity index (χ1n) is 7.03. The van der Waals surface area contributed by atoms with Crippen molar-refractivity contribution in [2.24, 2.45) is 4.99 Å². The smallest absolute Gasteiger partial charge is 0.198 e. The Labute approximate surface area is 124 Å². The molecule has 2 aromatic carbocycles. The van der Waals surface area contributed by atoms with E-state index in [-0.39, 0.29) is 6.17 Å². The third-order valence-corrected chi connectivity index (χ3v) is 3.80. The number of aliphatic hydroxyl groups is 1. The Hall–Kier alpha value is -2.01. The van der Waals surface area contributed by atoms with Crippen LogP contribution in [0.4, 0.5) is 0 Å². The highest BCUT2D eigenvalue weighted by Crippen LogP contribution is 2.28. The lowest BCUT2D eigenvalue weighted by molar-refractivity contribution is -0.0293. The summed E-state index contributed by atoms with van der Waals surface area (Å²) in [5.41, 5.74) is 4.16. The minimum Gasteiger partial charge on any atom is -0.365 e. The molecule has 1 aliphatic rings. The Morgan fingerprint density at radius 2 is 1.62 bits per heavy atom. The van der Waals surface area contributed by atoms with Gasteiger partial charge in [0.1, 0.15) is 6.17 Å². The molecule has 0 spiro atoms. The molecule has 0 saturated heterocycles. The van der Waals surface area contributed by atoms with Crippen LogP contribution in [0.5, 0.6) is 0 Å². The van der Waals surface area contributed by atoms with Crippen LogP contribution >= 0.6 is 0 Å². The first kappa shape index (κ1) is 13.9. The summed E-state index contributed by atoms with van der Waals surface area (Å²) in [6.07, 6.45) is -0.0517. The number of benzene rings is 2. The number of rotatable bonds is 2. The number of hydrogen-bond acceptors (Lipinski definition) is 4. The second kappa shape index (κ2) is 5.41. The van der Waals surface area contributed by atoms with Crippen molar-refractivity contribution in [2.75, 3.05) is 7.05 Å². The quantitative estimate of drug-likeness (QED) is 0.886. The zero-order chi connectivity index (χ0) is 14.9. The molecule has 0 saturated carbocycles. The molecular formula is C17H19N3O. The van der Waals surface area contributed by atoms with Gasteiger partial charge in [-0.25, -0.2) is 10.4 Å². The molecule has 0 aliphatic carbocycles. The van der Waals surface area contributed by atoms with Gasteiger partial charge in [-0.3, -0.25) is 4.99 Å². The maximum atomic E-state index is 11.3. The molecule has 0 radical (unpaired) electrons. The molecular weight excluding hydrogens is 262 g/mol. The lowest BCUT2D eigenvalue weighted by Crippen LogP contribution is -2.61. The van der Waals surface area contributed by atoms with Gasteiger partial charge < -0.3 is 5.11 Å². The van der Waals surface area contributed by atoms with Gasteiger partial charge in [-0.15, -0.1) is 0 Å². The largest absolute Gasteiger partial charge is 0.365 e. The lowest BCUT2D eigenvalue weighted by Gasteiger charge is -2.41.